The van der Waals surface area contributed by atoms with Crippen LogP contribution in [0.3, 0.4) is 0 Å². The Kier molecular flexibility index (Phi) is 2.61. The Morgan fingerprint density at radius 3 is 2.21 bits per heavy atom. The lowest BCUT2D eigenvalue weighted by molar-refractivity contribution is -0.141. The molecule has 0 unspecified atom stereocenters. The van der Waals surface area contributed by atoms with Crippen LogP contribution in [-0.2, 0) is 12.7 Å². The highest BCUT2D eigenvalue weighted by Gasteiger charge is 2.33. The molecule has 0 aliphatic heterocycles. The van der Waals surface area contributed by atoms with Crippen LogP contribution in [0.5, 0.6) is 0 Å². The van der Waals surface area contributed by atoms with Crippen LogP contribution in [0.1, 0.15) is 26.5 Å². The molecule has 0 atom stereocenters. The van der Waals surface area contributed by atoms with Gasteiger partial charge in [0.2, 0.25) is 0 Å². The molecule has 0 aliphatic rings. The Bertz CT molecular complexity index is 307. The number of rotatable bonds is 1. The molecule has 80 valence electrons. The van der Waals surface area contributed by atoms with Crippen molar-refractivity contribution < 1.29 is 13.2 Å². The molecule has 0 saturated heterocycles. The van der Waals surface area contributed by atoms with E-state index >= 15 is 0 Å². The van der Waals surface area contributed by atoms with E-state index in [0.717, 1.165) is 6.07 Å². The van der Waals surface area contributed by atoms with Gasteiger partial charge in [0.15, 0.2) is 5.69 Å². The molecule has 0 spiro atoms. The van der Waals surface area contributed by atoms with E-state index in [9.17, 15) is 13.2 Å². The topological polar surface area (TPSA) is 17.8 Å². The van der Waals surface area contributed by atoms with Crippen LogP contribution in [0.15, 0.2) is 12.3 Å². The first-order chi connectivity index (χ1) is 6.18. The van der Waals surface area contributed by atoms with E-state index in [1.165, 1.54) is 10.9 Å². The van der Waals surface area contributed by atoms with Gasteiger partial charge >= 0.3 is 6.18 Å². The van der Waals surface area contributed by atoms with Crippen LogP contribution < -0.4 is 0 Å². The second-order valence-corrected chi connectivity index (χ2v) is 4.46. The van der Waals surface area contributed by atoms with Gasteiger partial charge in [-0.1, -0.05) is 20.8 Å². The highest BCUT2D eigenvalue weighted by molar-refractivity contribution is 5.03. The fourth-order valence-corrected chi connectivity index (χ4v) is 1.09. The normalized spacial score (nSPS) is 13.3. The van der Waals surface area contributed by atoms with E-state index in [1.807, 2.05) is 20.8 Å². The third kappa shape index (κ3) is 3.05. The second kappa shape index (κ2) is 3.29. The van der Waals surface area contributed by atoms with Gasteiger partial charge < -0.3 is 0 Å². The SMILES string of the molecule is CC(C)(C)Cn1ccc(C(F)(F)F)n1. The van der Waals surface area contributed by atoms with Crippen molar-refractivity contribution in [3.8, 4) is 0 Å². The van der Waals surface area contributed by atoms with Crippen LogP contribution in [-0.4, -0.2) is 9.78 Å². The Morgan fingerprint density at radius 1 is 1.29 bits per heavy atom. The minimum Gasteiger partial charge on any atom is -0.272 e. The molecule has 0 aliphatic carbocycles. The van der Waals surface area contributed by atoms with Crippen molar-refractivity contribution in [1.82, 2.24) is 9.78 Å². The summed E-state index contributed by atoms with van der Waals surface area (Å²) in [5.74, 6) is 0. The number of hydrogen-bond donors (Lipinski definition) is 0. The van der Waals surface area contributed by atoms with Gasteiger partial charge in [0, 0.05) is 12.7 Å². The van der Waals surface area contributed by atoms with Gasteiger partial charge in [0.25, 0.3) is 0 Å². The summed E-state index contributed by atoms with van der Waals surface area (Å²) in [5, 5.41) is 3.46. The second-order valence-electron chi connectivity index (χ2n) is 4.46. The summed E-state index contributed by atoms with van der Waals surface area (Å²) in [6.07, 6.45) is -2.99. The Labute approximate surface area is 80.7 Å². The highest BCUT2D eigenvalue weighted by atomic mass is 19.4. The predicted molar refractivity (Wildman–Crippen MR) is 46.7 cm³/mol. The molecule has 0 amide bonds. The molecule has 0 saturated carbocycles. The summed E-state index contributed by atoms with van der Waals surface area (Å²) in [7, 11) is 0. The van der Waals surface area contributed by atoms with Crippen LogP contribution in [0.2, 0.25) is 0 Å². The minimum atomic E-state index is -4.34. The average Bonchev–Trinajstić information content (AvgIpc) is 2.29. The largest absolute Gasteiger partial charge is 0.435 e. The van der Waals surface area contributed by atoms with Crippen molar-refractivity contribution in [2.45, 2.75) is 33.5 Å². The van der Waals surface area contributed by atoms with Crippen LogP contribution in [0.4, 0.5) is 13.2 Å². The van der Waals surface area contributed by atoms with Crippen LogP contribution >= 0.6 is 0 Å². The molecule has 2 nitrogen and oxygen atoms in total. The van der Waals surface area contributed by atoms with Crippen molar-refractivity contribution in [3.05, 3.63) is 18.0 Å². The molecule has 0 fully saturated rings. The highest BCUT2D eigenvalue weighted by Crippen LogP contribution is 2.27. The maximum Gasteiger partial charge on any atom is 0.435 e. The van der Waals surface area contributed by atoms with Gasteiger partial charge in [-0.3, -0.25) is 4.68 Å². The smallest absolute Gasteiger partial charge is 0.272 e. The summed E-state index contributed by atoms with van der Waals surface area (Å²) in [6.45, 7) is 6.31. The van der Waals surface area contributed by atoms with Gasteiger partial charge in [0.1, 0.15) is 0 Å². The molecule has 1 aromatic rings. The van der Waals surface area contributed by atoms with Crippen molar-refractivity contribution in [2.75, 3.05) is 0 Å². The number of halogens is 3. The lowest BCUT2D eigenvalue weighted by Gasteiger charge is -2.17. The van der Waals surface area contributed by atoms with E-state index in [0.29, 0.717) is 6.54 Å². The molecule has 5 heteroatoms. The lowest BCUT2D eigenvalue weighted by atomic mass is 9.97. The van der Waals surface area contributed by atoms with Gasteiger partial charge in [-0.2, -0.15) is 18.3 Å². The molecular weight excluding hydrogens is 193 g/mol. The first-order valence-corrected chi connectivity index (χ1v) is 4.29. The minimum absolute atomic E-state index is 0.0745. The van der Waals surface area contributed by atoms with E-state index in [1.54, 1.807) is 0 Å². The third-order valence-corrected chi connectivity index (χ3v) is 1.57. The summed E-state index contributed by atoms with van der Waals surface area (Å²) in [4.78, 5) is 0. The zero-order chi connectivity index (χ0) is 11.0. The van der Waals surface area contributed by atoms with Gasteiger partial charge in [-0.05, 0) is 11.5 Å². The standard InChI is InChI=1S/C9H13F3N2/c1-8(2,3)6-14-5-4-7(13-14)9(10,11)12/h4-5H,6H2,1-3H3. The molecule has 1 rings (SSSR count). The Morgan fingerprint density at radius 2 is 1.86 bits per heavy atom. The zero-order valence-corrected chi connectivity index (χ0v) is 8.39. The molecular formula is C9H13F3N2. The third-order valence-electron chi connectivity index (χ3n) is 1.57. The molecule has 0 bridgehead atoms. The maximum absolute atomic E-state index is 12.2. The summed E-state index contributed by atoms with van der Waals surface area (Å²) >= 11 is 0. The first kappa shape index (κ1) is 11.1. The van der Waals surface area contributed by atoms with Crippen molar-refractivity contribution in [3.63, 3.8) is 0 Å². The van der Waals surface area contributed by atoms with E-state index in [2.05, 4.69) is 5.10 Å². The zero-order valence-electron chi connectivity index (χ0n) is 8.39. The monoisotopic (exact) mass is 206 g/mol. The summed E-state index contributed by atoms with van der Waals surface area (Å²) < 4.78 is 37.8. The maximum atomic E-state index is 12.2. The average molecular weight is 206 g/mol. The molecule has 0 aromatic carbocycles. The fourth-order valence-electron chi connectivity index (χ4n) is 1.09. The van der Waals surface area contributed by atoms with E-state index in [-0.39, 0.29) is 5.41 Å². The molecule has 1 aromatic heterocycles. The number of nitrogens with zero attached hydrogens (tertiary/aromatic N) is 2. The predicted octanol–water partition coefficient (Wildman–Crippen LogP) is 2.95. The lowest BCUT2D eigenvalue weighted by Crippen LogP contribution is -2.17. The molecule has 0 radical (unpaired) electrons. The van der Waals surface area contributed by atoms with Gasteiger partial charge in [0.05, 0.1) is 0 Å². The van der Waals surface area contributed by atoms with Crippen molar-refractivity contribution in [2.24, 2.45) is 5.41 Å². The fraction of sp³-hybridized carbons (Fsp3) is 0.667. The van der Waals surface area contributed by atoms with Crippen LogP contribution in [0, 0.1) is 5.41 Å². The Hall–Kier alpha value is -1.00. The quantitative estimate of drug-likeness (QED) is 0.690. The van der Waals surface area contributed by atoms with Gasteiger partial charge in [-0.15, -0.1) is 0 Å². The number of aromatic nitrogens is 2. The van der Waals surface area contributed by atoms with E-state index in [4.69, 9.17) is 0 Å². The molecule has 14 heavy (non-hydrogen) atoms. The van der Waals surface area contributed by atoms with E-state index < -0.39 is 11.9 Å². The van der Waals surface area contributed by atoms with Crippen molar-refractivity contribution >= 4 is 0 Å². The first-order valence-electron chi connectivity index (χ1n) is 4.29. The molecule has 1 heterocycles. The number of alkyl halides is 3. The van der Waals surface area contributed by atoms with Crippen LogP contribution in [0.25, 0.3) is 0 Å². The van der Waals surface area contributed by atoms with Gasteiger partial charge in [-0.25, -0.2) is 0 Å². The van der Waals surface area contributed by atoms with Crippen molar-refractivity contribution in [1.29, 1.82) is 0 Å². The Balaban J connectivity index is 2.79. The number of hydrogen-bond acceptors (Lipinski definition) is 1. The molecule has 0 N–H and O–H groups in total. The summed E-state index contributed by atoms with van der Waals surface area (Å²) in [6, 6.07) is 0.992. The summed E-state index contributed by atoms with van der Waals surface area (Å²) in [5.41, 5.74) is -0.906.